The van der Waals surface area contributed by atoms with E-state index in [0.717, 1.165) is 38.6 Å². The van der Waals surface area contributed by atoms with E-state index >= 15 is 0 Å². The maximum Gasteiger partial charge on any atom is 0.194 e. The normalized spacial score (nSPS) is 11.6. The highest BCUT2D eigenvalue weighted by Gasteiger charge is 2.15. The first-order valence-electron chi connectivity index (χ1n) is 8.92. The summed E-state index contributed by atoms with van der Waals surface area (Å²) in [6, 6.07) is 20.1. The second-order valence-electron chi connectivity index (χ2n) is 6.53. The van der Waals surface area contributed by atoms with Crippen molar-refractivity contribution in [3.63, 3.8) is 0 Å². The molecule has 0 saturated carbocycles. The lowest BCUT2D eigenvalue weighted by molar-refractivity contribution is 0.593. The number of nitrogens with zero attached hydrogens (tertiary/aromatic N) is 3. The number of nitrogens with one attached hydrogen (secondary N) is 1. The molecule has 0 saturated heterocycles. The van der Waals surface area contributed by atoms with Crippen LogP contribution in [0.3, 0.4) is 0 Å². The fraction of sp³-hybridized carbons (Fsp3) is 0. The quantitative estimate of drug-likeness (QED) is 0.417. The maximum absolute atomic E-state index is 6.05. The predicted molar refractivity (Wildman–Crippen MR) is 111 cm³/mol. The molecular formula is C22H14N4OS. The molecule has 28 heavy (non-hydrogen) atoms. The van der Waals surface area contributed by atoms with E-state index in [2.05, 4.69) is 11.1 Å². The van der Waals surface area contributed by atoms with Crippen LogP contribution in [0.2, 0.25) is 0 Å². The fourth-order valence-corrected chi connectivity index (χ4v) is 4.14. The number of H-pyrrole nitrogens is 1. The van der Waals surface area contributed by atoms with Gasteiger partial charge in [0.15, 0.2) is 16.5 Å². The van der Waals surface area contributed by atoms with Crippen LogP contribution in [-0.4, -0.2) is 19.4 Å². The van der Waals surface area contributed by atoms with Crippen LogP contribution < -0.4 is 0 Å². The summed E-state index contributed by atoms with van der Waals surface area (Å²) in [6.45, 7) is 0. The van der Waals surface area contributed by atoms with Gasteiger partial charge in [-0.3, -0.25) is 4.40 Å². The molecule has 0 aliphatic heterocycles. The number of hydrogen-bond acceptors (Lipinski definition) is 4. The Morgan fingerprint density at radius 2 is 1.79 bits per heavy atom. The molecule has 0 amide bonds. The van der Waals surface area contributed by atoms with E-state index in [-0.39, 0.29) is 0 Å². The molecule has 4 heterocycles. The van der Waals surface area contributed by atoms with Gasteiger partial charge in [0, 0.05) is 28.9 Å². The molecule has 0 unspecified atom stereocenters. The van der Waals surface area contributed by atoms with Crippen LogP contribution in [0.15, 0.2) is 82.9 Å². The zero-order valence-electron chi connectivity index (χ0n) is 14.7. The number of aromatic amines is 1. The average molecular weight is 382 g/mol. The predicted octanol–water partition coefficient (Wildman–Crippen LogP) is 5.87. The number of fused-ring (bicyclic) bond motifs is 2. The highest BCUT2D eigenvalue weighted by molar-refractivity contribution is 7.15. The van der Waals surface area contributed by atoms with E-state index in [1.165, 1.54) is 0 Å². The van der Waals surface area contributed by atoms with Gasteiger partial charge in [-0.15, -0.1) is 11.3 Å². The molecule has 0 fully saturated rings. The molecule has 2 aromatic carbocycles. The zero-order chi connectivity index (χ0) is 18.5. The Morgan fingerprint density at radius 1 is 0.893 bits per heavy atom. The second-order valence-corrected chi connectivity index (χ2v) is 7.41. The van der Waals surface area contributed by atoms with E-state index in [1.54, 1.807) is 11.3 Å². The Kier molecular flexibility index (Phi) is 3.27. The van der Waals surface area contributed by atoms with Crippen molar-refractivity contribution in [3.05, 3.63) is 78.4 Å². The van der Waals surface area contributed by atoms with Crippen molar-refractivity contribution in [2.45, 2.75) is 0 Å². The van der Waals surface area contributed by atoms with Gasteiger partial charge in [0.05, 0.1) is 16.7 Å². The molecule has 6 rings (SSSR count). The van der Waals surface area contributed by atoms with E-state index in [4.69, 9.17) is 14.4 Å². The van der Waals surface area contributed by atoms with E-state index in [1.807, 2.05) is 76.8 Å². The summed E-state index contributed by atoms with van der Waals surface area (Å²) < 4.78 is 8.09. The molecule has 0 aliphatic carbocycles. The van der Waals surface area contributed by atoms with Gasteiger partial charge in [0.1, 0.15) is 5.76 Å². The molecule has 0 aliphatic rings. The third-order valence-corrected chi connectivity index (χ3v) is 5.56. The molecule has 5 nitrogen and oxygen atoms in total. The first-order valence-corrected chi connectivity index (χ1v) is 9.80. The third kappa shape index (κ3) is 2.39. The zero-order valence-corrected chi connectivity index (χ0v) is 15.5. The molecule has 0 radical (unpaired) electrons. The minimum absolute atomic E-state index is 0.714. The first kappa shape index (κ1) is 15.4. The van der Waals surface area contributed by atoms with Crippen LogP contribution in [-0.2, 0) is 0 Å². The van der Waals surface area contributed by atoms with Crippen molar-refractivity contribution in [1.82, 2.24) is 19.4 Å². The monoisotopic (exact) mass is 382 g/mol. The molecule has 0 bridgehead atoms. The first-order chi connectivity index (χ1) is 13.8. The molecule has 134 valence electrons. The molecular weight excluding hydrogens is 368 g/mol. The molecule has 4 aromatic heterocycles. The summed E-state index contributed by atoms with van der Waals surface area (Å²) in [5, 5.41) is 2.03. The van der Waals surface area contributed by atoms with Gasteiger partial charge in [-0.25, -0.2) is 9.97 Å². The molecule has 0 atom stereocenters. The fourth-order valence-electron chi connectivity index (χ4n) is 3.44. The lowest BCUT2D eigenvalue weighted by Crippen LogP contribution is -1.80. The van der Waals surface area contributed by atoms with Crippen LogP contribution in [0, 0.1) is 0 Å². The van der Waals surface area contributed by atoms with Gasteiger partial charge < -0.3 is 9.40 Å². The van der Waals surface area contributed by atoms with Crippen molar-refractivity contribution in [3.8, 4) is 34.2 Å². The van der Waals surface area contributed by atoms with Crippen molar-refractivity contribution in [2.75, 3.05) is 0 Å². The largest absolute Gasteiger partial charge is 0.453 e. The summed E-state index contributed by atoms with van der Waals surface area (Å²) in [6.07, 6.45) is 4.06. The Hall–Kier alpha value is -3.64. The van der Waals surface area contributed by atoms with Gasteiger partial charge in [0.25, 0.3) is 0 Å². The molecule has 0 spiro atoms. The van der Waals surface area contributed by atoms with Crippen molar-refractivity contribution < 1.29 is 4.42 Å². The van der Waals surface area contributed by atoms with E-state index in [9.17, 15) is 0 Å². The van der Waals surface area contributed by atoms with Crippen LogP contribution in [0.1, 0.15) is 0 Å². The number of imidazole rings is 2. The van der Waals surface area contributed by atoms with Crippen LogP contribution >= 0.6 is 11.3 Å². The molecule has 6 heteroatoms. The van der Waals surface area contributed by atoms with Crippen molar-refractivity contribution in [1.29, 1.82) is 0 Å². The summed E-state index contributed by atoms with van der Waals surface area (Å²) in [4.78, 5) is 13.9. The summed E-state index contributed by atoms with van der Waals surface area (Å²) >= 11 is 1.62. The van der Waals surface area contributed by atoms with Crippen molar-refractivity contribution in [2.24, 2.45) is 0 Å². The Labute approximate surface area is 163 Å². The number of thiazole rings is 1. The van der Waals surface area contributed by atoms with Gasteiger partial charge in [-0.05, 0) is 18.2 Å². The Balaban J connectivity index is 1.46. The van der Waals surface area contributed by atoms with Gasteiger partial charge in [0.2, 0.25) is 0 Å². The number of hydrogen-bond donors (Lipinski definition) is 1. The highest BCUT2D eigenvalue weighted by atomic mass is 32.1. The number of para-hydroxylation sites is 1. The second kappa shape index (κ2) is 5.94. The lowest BCUT2D eigenvalue weighted by Gasteiger charge is -1.97. The SMILES string of the molecule is c1ccc(-c2ccc(-c3nc4cccc(-c5cn6ccsc6n5)c4[nH]3)o2)cc1. The summed E-state index contributed by atoms with van der Waals surface area (Å²) in [5.74, 6) is 2.25. The topological polar surface area (TPSA) is 59.1 Å². The molecule has 1 N–H and O–H groups in total. The van der Waals surface area contributed by atoms with Gasteiger partial charge in [-0.2, -0.15) is 0 Å². The van der Waals surface area contributed by atoms with E-state index < -0.39 is 0 Å². The number of rotatable bonds is 3. The minimum Gasteiger partial charge on any atom is -0.453 e. The average Bonchev–Trinajstić information content (AvgIpc) is 3.50. The number of benzene rings is 2. The standard InChI is InChI=1S/C22H14N4OS/c1-2-5-14(6-3-1)18-9-10-19(27-18)21-23-16-8-4-7-15(20(16)25-21)17-13-26-11-12-28-22(26)24-17/h1-13H,(H,23,25). The number of furan rings is 1. The smallest absolute Gasteiger partial charge is 0.194 e. The van der Waals surface area contributed by atoms with Crippen LogP contribution in [0.4, 0.5) is 0 Å². The highest BCUT2D eigenvalue weighted by Crippen LogP contribution is 2.32. The Bertz CT molecular complexity index is 1390. The minimum atomic E-state index is 0.714. The number of aromatic nitrogens is 4. The summed E-state index contributed by atoms with van der Waals surface area (Å²) in [5.41, 5.74) is 4.85. The van der Waals surface area contributed by atoms with Crippen LogP contribution in [0.5, 0.6) is 0 Å². The van der Waals surface area contributed by atoms with E-state index in [0.29, 0.717) is 11.6 Å². The van der Waals surface area contributed by atoms with Gasteiger partial charge >= 0.3 is 0 Å². The van der Waals surface area contributed by atoms with Crippen LogP contribution in [0.25, 0.3) is 50.2 Å². The maximum atomic E-state index is 6.05. The molecule has 6 aromatic rings. The summed E-state index contributed by atoms with van der Waals surface area (Å²) in [7, 11) is 0. The van der Waals surface area contributed by atoms with Gasteiger partial charge in [-0.1, -0.05) is 42.5 Å². The van der Waals surface area contributed by atoms with Crippen molar-refractivity contribution >= 4 is 27.3 Å². The lowest BCUT2D eigenvalue weighted by atomic mass is 10.1. The third-order valence-electron chi connectivity index (χ3n) is 4.79. The Morgan fingerprint density at radius 3 is 2.68 bits per heavy atom.